The van der Waals surface area contributed by atoms with Crippen molar-refractivity contribution in [2.75, 3.05) is 6.54 Å². The summed E-state index contributed by atoms with van der Waals surface area (Å²) in [5.41, 5.74) is 1.17. The second-order valence-corrected chi connectivity index (χ2v) is 9.69. The SMILES string of the molecule is C[C@@H](CCc1ccccc1)[C@@H](O)/C=C/[C@H]1CC(F)(F)C(=O)N1CCCc1ccc(C(=O)O)s1. The Balaban J connectivity index is 1.55. The first-order valence-electron chi connectivity index (χ1n) is 11.1. The standard InChI is InChI=1S/C25H29F2NO4S/c1-17(9-10-18-6-3-2-4-7-18)21(29)13-11-19-16-25(26,27)24(32)28(19)15-5-8-20-12-14-22(33-20)23(30)31/h2-4,6-7,11-14,17,19,21,29H,5,8-10,15-16H2,1H3,(H,30,31)/b13-11+/t17-,19-,21-/m0/s1. The summed E-state index contributed by atoms with van der Waals surface area (Å²) in [6.07, 6.45) is 4.17. The van der Waals surface area contributed by atoms with Crippen molar-refractivity contribution in [3.05, 3.63) is 69.9 Å². The summed E-state index contributed by atoms with van der Waals surface area (Å²) >= 11 is 1.15. The zero-order valence-corrected chi connectivity index (χ0v) is 19.3. The summed E-state index contributed by atoms with van der Waals surface area (Å²) in [5, 5.41) is 19.5. The van der Waals surface area contributed by atoms with Crippen molar-refractivity contribution in [2.45, 2.75) is 57.1 Å². The van der Waals surface area contributed by atoms with Gasteiger partial charge >= 0.3 is 11.9 Å². The fourth-order valence-corrected chi connectivity index (χ4v) is 4.84. The topological polar surface area (TPSA) is 77.8 Å². The van der Waals surface area contributed by atoms with E-state index in [1.807, 2.05) is 37.3 Å². The number of carbonyl (C=O) groups excluding carboxylic acids is 1. The number of hydrogen-bond acceptors (Lipinski definition) is 4. The second kappa shape index (κ2) is 11.0. The number of halogens is 2. The number of aliphatic hydroxyl groups is 1. The highest BCUT2D eigenvalue weighted by atomic mass is 32.1. The van der Waals surface area contributed by atoms with Crippen LogP contribution in [-0.4, -0.2) is 51.6 Å². The summed E-state index contributed by atoms with van der Waals surface area (Å²) in [6, 6.07) is 12.4. The van der Waals surface area contributed by atoms with Crippen molar-refractivity contribution in [2.24, 2.45) is 5.92 Å². The molecule has 2 aromatic rings. The van der Waals surface area contributed by atoms with Gasteiger partial charge in [0.2, 0.25) is 0 Å². The normalized spacial score (nSPS) is 19.8. The average Bonchev–Trinajstić information content (AvgIpc) is 3.35. The number of carbonyl (C=O) groups is 2. The predicted octanol–water partition coefficient (Wildman–Crippen LogP) is 4.80. The van der Waals surface area contributed by atoms with Crippen LogP contribution >= 0.6 is 11.3 Å². The van der Waals surface area contributed by atoms with E-state index in [2.05, 4.69) is 0 Å². The van der Waals surface area contributed by atoms with Crippen LogP contribution in [0, 0.1) is 5.92 Å². The predicted molar refractivity (Wildman–Crippen MR) is 124 cm³/mol. The number of amides is 1. The lowest BCUT2D eigenvalue weighted by molar-refractivity contribution is -0.148. The van der Waals surface area contributed by atoms with Crippen LogP contribution in [0.1, 0.15) is 46.3 Å². The minimum absolute atomic E-state index is 0.0604. The van der Waals surface area contributed by atoms with E-state index in [0.29, 0.717) is 12.8 Å². The quantitative estimate of drug-likeness (QED) is 0.456. The molecule has 0 bridgehead atoms. The molecule has 1 aromatic heterocycles. The number of rotatable bonds is 11. The Hall–Kier alpha value is -2.58. The molecule has 2 heterocycles. The molecule has 1 saturated heterocycles. The molecule has 33 heavy (non-hydrogen) atoms. The molecule has 0 spiro atoms. The number of nitrogens with zero attached hydrogens (tertiary/aromatic N) is 1. The van der Waals surface area contributed by atoms with Crippen LogP contribution in [-0.2, 0) is 17.6 Å². The highest BCUT2D eigenvalue weighted by Crippen LogP contribution is 2.34. The Kier molecular flexibility index (Phi) is 8.37. The number of likely N-dealkylation sites (tertiary alicyclic amines) is 1. The van der Waals surface area contributed by atoms with E-state index in [4.69, 9.17) is 5.11 Å². The highest BCUT2D eigenvalue weighted by molar-refractivity contribution is 7.13. The van der Waals surface area contributed by atoms with Crippen molar-refractivity contribution in [3.63, 3.8) is 0 Å². The fraction of sp³-hybridized carbons (Fsp3) is 0.440. The lowest BCUT2D eigenvalue weighted by Gasteiger charge is -2.22. The van der Waals surface area contributed by atoms with Crippen molar-refractivity contribution in [1.82, 2.24) is 4.90 Å². The second-order valence-electron chi connectivity index (χ2n) is 8.53. The summed E-state index contributed by atoms with van der Waals surface area (Å²) in [7, 11) is 0. The maximum Gasteiger partial charge on any atom is 0.345 e. The van der Waals surface area contributed by atoms with Gasteiger partial charge in [-0.1, -0.05) is 49.4 Å². The molecule has 3 rings (SSSR count). The monoisotopic (exact) mass is 477 g/mol. The van der Waals surface area contributed by atoms with Gasteiger partial charge in [-0.15, -0.1) is 11.3 Å². The largest absolute Gasteiger partial charge is 0.477 e. The molecule has 2 N–H and O–H groups in total. The van der Waals surface area contributed by atoms with Crippen molar-refractivity contribution < 1.29 is 28.6 Å². The Labute approximate surface area is 196 Å². The molecular weight excluding hydrogens is 448 g/mol. The highest BCUT2D eigenvalue weighted by Gasteiger charge is 2.52. The molecule has 8 heteroatoms. The first kappa shape index (κ1) is 25.1. The zero-order chi connectivity index (χ0) is 24.0. The van der Waals surface area contributed by atoms with Gasteiger partial charge < -0.3 is 15.1 Å². The van der Waals surface area contributed by atoms with E-state index in [0.717, 1.165) is 29.1 Å². The van der Waals surface area contributed by atoms with Gasteiger partial charge in [-0.05, 0) is 49.3 Å². The van der Waals surface area contributed by atoms with Crippen LogP contribution in [0.15, 0.2) is 54.6 Å². The molecule has 1 aliphatic heterocycles. The molecule has 1 aromatic carbocycles. The third kappa shape index (κ3) is 6.71. The van der Waals surface area contributed by atoms with Gasteiger partial charge in [0.25, 0.3) is 5.91 Å². The van der Waals surface area contributed by atoms with Crippen molar-refractivity contribution >= 4 is 23.2 Å². The Bertz CT molecular complexity index is 976. The molecule has 5 nitrogen and oxygen atoms in total. The molecule has 1 amide bonds. The number of carboxylic acids is 1. The molecule has 3 atom stereocenters. The van der Waals surface area contributed by atoms with Crippen LogP contribution in [0.25, 0.3) is 0 Å². The number of alkyl halides is 2. The van der Waals surface area contributed by atoms with Gasteiger partial charge in [0, 0.05) is 17.8 Å². The number of thiophene rings is 1. The van der Waals surface area contributed by atoms with Crippen molar-refractivity contribution in [3.8, 4) is 0 Å². The third-order valence-corrected chi connectivity index (χ3v) is 7.11. The summed E-state index contributed by atoms with van der Waals surface area (Å²) in [4.78, 5) is 25.4. The minimum Gasteiger partial charge on any atom is -0.477 e. The van der Waals surface area contributed by atoms with E-state index >= 15 is 0 Å². The Morgan fingerprint density at radius 2 is 1.97 bits per heavy atom. The zero-order valence-electron chi connectivity index (χ0n) is 18.5. The summed E-state index contributed by atoms with van der Waals surface area (Å²) in [6.45, 7) is 2.06. The van der Waals surface area contributed by atoms with Gasteiger partial charge in [0.05, 0.1) is 12.1 Å². The maximum absolute atomic E-state index is 14.1. The van der Waals surface area contributed by atoms with Gasteiger partial charge in [-0.3, -0.25) is 4.79 Å². The van der Waals surface area contributed by atoms with Gasteiger partial charge in [-0.25, -0.2) is 4.79 Å². The van der Waals surface area contributed by atoms with E-state index < -0.39 is 36.4 Å². The van der Waals surface area contributed by atoms with Crippen LogP contribution < -0.4 is 0 Å². The molecule has 0 aliphatic carbocycles. The first-order chi connectivity index (χ1) is 15.7. The molecule has 0 saturated carbocycles. The number of aliphatic hydroxyl groups excluding tert-OH is 1. The molecule has 178 valence electrons. The lowest BCUT2D eigenvalue weighted by Crippen LogP contribution is -2.36. The van der Waals surface area contributed by atoms with Gasteiger partial charge in [-0.2, -0.15) is 8.78 Å². The summed E-state index contributed by atoms with van der Waals surface area (Å²) < 4.78 is 28.2. The van der Waals surface area contributed by atoms with E-state index in [-0.39, 0.29) is 17.3 Å². The van der Waals surface area contributed by atoms with E-state index in [1.54, 1.807) is 6.07 Å². The third-order valence-electron chi connectivity index (χ3n) is 5.98. The number of aryl methyl sites for hydroxylation is 2. The maximum atomic E-state index is 14.1. The first-order valence-corrected chi connectivity index (χ1v) is 11.9. The molecule has 1 fully saturated rings. The Morgan fingerprint density at radius 1 is 1.24 bits per heavy atom. The molecule has 0 unspecified atom stereocenters. The molecular formula is C25H29F2NO4S. The van der Waals surface area contributed by atoms with Crippen LogP contribution in [0.5, 0.6) is 0 Å². The van der Waals surface area contributed by atoms with Crippen molar-refractivity contribution in [1.29, 1.82) is 0 Å². The smallest absolute Gasteiger partial charge is 0.345 e. The molecule has 1 aliphatic rings. The lowest BCUT2D eigenvalue weighted by atomic mass is 9.95. The van der Waals surface area contributed by atoms with Gasteiger partial charge in [0.1, 0.15) is 4.88 Å². The molecule has 0 radical (unpaired) electrons. The number of benzene rings is 1. The van der Waals surface area contributed by atoms with Crippen LogP contribution in [0.4, 0.5) is 8.78 Å². The van der Waals surface area contributed by atoms with Crippen LogP contribution in [0.3, 0.4) is 0 Å². The van der Waals surface area contributed by atoms with Crippen LogP contribution in [0.2, 0.25) is 0 Å². The minimum atomic E-state index is -3.42. The Morgan fingerprint density at radius 3 is 2.64 bits per heavy atom. The fourth-order valence-electron chi connectivity index (χ4n) is 3.95. The average molecular weight is 478 g/mol. The van der Waals surface area contributed by atoms with E-state index in [1.165, 1.54) is 28.7 Å². The summed E-state index contributed by atoms with van der Waals surface area (Å²) in [5.74, 6) is -5.67. The number of hydrogen-bond donors (Lipinski definition) is 2. The number of carboxylic acid groups (broad SMARTS) is 1. The number of aromatic carboxylic acids is 1. The van der Waals surface area contributed by atoms with E-state index in [9.17, 15) is 23.5 Å². The van der Waals surface area contributed by atoms with Gasteiger partial charge in [0.15, 0.2) is 0 Å².